The highest BCUT2D eigenvalue weighted by molar-refractivity contribution is 5.89. The fourth-order valence-electron chi connectivity index (χ4n) is 3.24. The van der Waals surface area contributed by atoms with Crippen molar-refractivity contribution in [2.45, 2.75) is 18.9 Å². The minimum atomic E-state index is -0.262. The van der Waals surface area contributed by atoms with Crippen molar-refractivity contribution in [2.75, 3.05) is 18.6 Å². The predicted molar refractivity (Wildman–Crippen MR) is 90.3 cm³/mol. The molecular formula is C17H17N5O2. The molecule has 0 amide bonds. The number of nitrogens with zero attached hydrogens (tertiary/aromatic N) is 4. The molecule has 0 radical (unpaired) electrons. The normalized spacial score (nSPS) is 17.4. The van der Waals surface area contributed by atoms with Gasteiger partial charge in [-0.25, -0.2) is 15.0 Å². The summed E-state index contributed by atoms with van der Waals surface area (Å²) in [7, 11) is 1.46. The van der Waals surface area contributed by atoms with Crippen LogP contribution in [0.2, 0.25) is 0 Å². The van der Waals surface area contributed by atoms with Crippen LogP contribution in [0.4, 0.5) is 5.82 Å². The highest BCUT2D eigenvalue weighted by Gasteiger charge is 2.30. The number of aromatic amines is 1. The van der Waals surface area contributed by atoms with Gasteiger partial charge in [0.25, 0.3) is 5.56 Å². The number of H-pyrrole nitrogens is 1. The quantitative estimate of drug-likeness (QED) is 0.794. The SMILES string of the molecule is COc1cnc(C2CCCN2c2ncnc3ccccc23)[nH]c1=O. The topological polar surface area (TPSA) is 84.0 Å². The number of hydrogen-bond donors (Lipinski definition) is 1. The maximum Gasteiger partial charge on any atom is 0.293 e. The van der Waals surface area contributed by atoms with Crippen molar-refractivity contribution in [2.24, 2.45) is 0 Å². The van der Waals surface area contributed by atoms with E-state index in [9.17, 15) is 4.79 Å². The van der Waals surface area contributed by atoms with Crippen molar-refractivity contribution >= 4 is 16.7 Å². The van der Waals surface area contributed by atoms with E-state index in [4.69, 9.17) is 4.74 Å². The highest BCUT2D eigenvalue weighted by Crippen LogP contribution is 2.36. The number of rotatable bonds is 3. The zero-order valence-corrected chi connectivity index (χ0v) is 13.3. The van der Waals surface area contributed by atoms with Gasteiger partial charge in [-0.2, -0.15) is 0 Å². The Labute approximate surface area is 138 Å². The largest absolute Gasteiger partial charge is 0.490 e. The van der Waals surface area contributed by atoms with Crippen LogP contribution in [0.25, 0.3) is 10.9 Å². The summed E-state index contributed by atoms with van der Waals surface area (Å²) in [5.41, 5.74) is 0.645. The molecule has 1 unspecified atom stereocenters. The van der Waals surface area contributed by atoms with Crippen molar-refractivity contribution in [1.29, 1.82) is 0 Å². The molecule has 2 aromatic heterocycles. The number of anilines is 1. The van der Waals surface area contributed by atoms with Crippen LogP contribution >= 0.6 is 0 Å². The molecule has 0 saturated carbocycles. The molecular weight excluding hydrogens is 306 g/mol. The van der Waals surface area contributed by atoms with Gasteiger partial charge in [0.05, 0.1) is 24.9 Å². The van der Waals surface area contributed by atoms with E-state index in [-0.39, 0.29) is 17.4 Å². The molecule has 0 spiro atoms. The molecule has 1 saturated heterocycles. The van der Waals surface area contributed by atoms with E-state index in [2.05, 4.69) is 24.8 Å². The van der Waals surface area contributed by atoms with Gasteiger partial charge in [0.15, 0.2) is 0 Å². The third kappa shape index (κ3) is 2.38. The van der Waals surface area contributed by atoms with Crippen LogP contribution < -0.4 is 15.2 Å². The zero-order valence-electron chi connectivity index (χ0n) is 13.3. The van der Waals surface area contributed by atoms with Gasteiger partial charge in [-0.05, 0) is 25.0 Å². The first kappa shape index (κ1) is 14.6. The van der Waals surface area contributed by atoms with Crippen LogP contribution in [0.1, 0.15) is 24.7 Å². The van der Waals surface area contributed by atoms with Gasteiger partial charge in [0.1, 0.15) is 18.0 Å². The van der Waals surface area contributed by atoms with Crippen LogP contribution in [0.15, 0.2) is 41.6 Å². The lowest BCUT2D eigenvalue weighted by atomic mass is 10.2. The van der Waals surface area contributed by atoms with Gasteiger partial charge >= 0.3 is 0 Å². The van der Waals surface area contributed by atoms with Crippen LogP contribution in [0, 0.1) is 0 Å². The number of ether oxygens (including phenoxy) is 1. The van der Waals surface area contributed by atoms with E-state index in [1.54, 1.807) is 6.33 Å². The molecule has 0 bridgehead atoms. The molecule has 7 heteroatoms. The molecule has 1 aliphatic rings. The number of benzene rings is 1. The maximum absolute atomic E-state index is 12.0. The van der Waals surface area contributed by atoms with E-state index >= 15 is 0 Å². The summed E-state index contributed by atoms with van der Waals surface area (Å²) in [5, 5.41) is 1.00. The van der Waals surface area contributed by atoms with Crippen LogP contribution in [-0.2, 0) is 0 Å². The van der Waals surface area contributed by atoms with Crippen molar-refractivity contribution in [3.63, 3.8) is 0 Å². The lowest BCUT2D eigenvalue weighted by Gasteiger charge is -2.25. The summed E-state index contributed by atoms with van der Waals surface area (Å²) in [6, 6.07) is 7.92. The second kappa shape index (κ2) is 5.92. The Bertz CT molecular complexity index is 934. The zero-order chi connectivity index (χ0) is 16.5. The maximum atomic E-state index is 12.0. The third-order valence-corrected chi connectivity index (χ3v) is 4.37. The Morgan fingerprint density at radius 1 is 1.25 bits per heavy atom. The molecule has 7 nitrogen and oxygen atoms in total. The number of aromatic nitrogens is 4. The Morgan fingerprint density at radius 3 is 2.96 bits per heavy atom. The standard InChI is InChI=1S/C17H17N5O2/c1-24-14-9-18-15(21-17(14)23)13-7-4-8-22(13)16-11-5-2-3-6-12(11)19-10-20-16/h2-3,5-6,9-10,13H,4,7-8H2,1H3,(H,18,21,23). The number of para-hydroxylation sites is 1. The summed E-state index contributed by atoms with van der Waals surface area (Å²) in [6.45, 7) is 0.863. The van der Waals surface area contributed by atoms with E-state index < -0.39 is 0 Å². The lowest BCUT2D eigenvalue weighted by molar-refractivity contribution is 0.404. The Kier molecular flexibility index (Phi) is 3.60. The average Bonchev–Trinajstić information content (AvgIpc) is 3.10. The highest BCUT2D eigenvalue weighted by atomic mass is 16.5. The van der Waals surface area contributed by atoms with E-state index in [0.29, 0.717) is 5.82 Å². The monoisotopic (exact) mass is 323 g/mol. The summed E-state index contributed by atoms with van der Waals surface area (Å²) in [5.74, 6) is 1.73. The Hall–Kier alpha value is -2.96. The van der Waals surface area contributed by atoms with Crippen molar-refractivity contribution < 1.29 is 4.74 Å². The summed E-state index contributed by atoms with van der Waals surface area (Å²) in [6.07, 6.45) is 4.98. The molecule has 24 heavy (non-hydrogen) atoms. The molecule has 3 heterocycles. The fourth-order valence-corrected chi connectivity index (χ4v) is 3.24. The van der Waals surface area contributed by atoms with Gasteiger partial charge in [0, 0.05) is 11.9 Å². The smallest absolute Gasteiger partial charge is 0.293 e. The second-order valence-electron chi connectivity index (χ2n) is 5.73. The summed E-state index contributed by atoms with van der Waals surface area (Å²) in [4.78, 5) is 30.2. The van der Waals surface area contributed by atoms with Gasteiger partial charge in [-0.1, -0.05) is 12.1 Å². The summed E-state index contributed by atoms with van der Waals surface area (Å²) < 4.78 is 4.99. The molecule has 1 fully saturated rings. The minimum Gasteiger partial charge on any atom is -0.490 e. The number of fused-ring (bicyclic) bond motifs is 1. The minimum absolute atomic E-state index is 0.0121. The van der Waals surface area contributed by atoms with Crippen molar-refractivity contribution in [3.05, 3.63) is 53.0 Å². The number of methoxy groups -OCH3 is 1. The summed E-state index contributed by atoms with van der Waals surface area (Å²) >= 11 is 0. The average molecular weight is 323 g/mol. The third-order valence-electron chi connectivity index (χ3n) is 4.37. The Balaban J connectivity index is 1.77. The van der Waals surface area contributed by atoms with Crippen LogP contribution in [-0.4, -0.2) is 33.6 Å². The van der Waals surface area contributed by atoms with Gasteiger partial charge in [-0.3, -0.25) is 4.79 Å². The number of hydrogen-bond acceptors (Lipinski definition) is 6. The molecule has 4 rings (SSSR count). The first-order chi connectivity index (χ1) is 11.8. The fraction of sp³-hybridized carbons (Fsp3) is 0.294. The molecule has 1 atom stereocenters. The predicted octanol–water partition coefficient (Wildman–Crippen LogP) is 2.06. The molecule has 1 aromatic carbocycles. The first-order valence-corrected chi connectivity index (χ1v) is 7.87. The van der Waals surface area contributed by atoms with Gasteiger partial charge in [0.2, 0.25) is 5.75 Å². The van der Waals surface area contributed by atoms with E-state index in [1.165, 1.54) is 13.3 Å². The van der Waals surface area contributed by atoms with Gasteiger partial charge < -0.3 is 14.6 Å². The van der Waals surface area contributed by atoms with Gasteiger partial charge in [-0.15, -0.1) is 0 Å². The first-order valence-electron chi connectivity index (χ1n) is 7.87. The van der Waals surface area contributed by atoms with E-state index in [1.807, 2.05) is 24.3 Å². The molecule has 1 aliphatic heterocycles. The lowest BCUT2D eigenvalue weighted by Crippen LogP contribution is -2.27. The molecule has 3 aromatic rings. The van der Waals surface area contributed by atoms with E-state index in [0.717, 1.165) is 36.1 Å². The second-order valence-corrected chi connectivity index (χ2v) is 5.73. The van der Waals surface area contributed by atoms with Crippen molar-refractivity contribution in [1.82, 2.24) is 19.9 Å². The molecule has 122 valence electrons. The Morgan fingerprint density at radius 2 is 2.12 bits per heavy atom. The molecule has 0 aliphatic carbocycles. The number of nitrogens with one attached hydrogen (secondary N) is 1. The van der Waals surface area contributed by atoms with Crippen LogP contribution in [0.5, 0.6) is 5.75 Å². The van der Waals surface area contributed by atoms with Crippen molar-refractivity contribution in [3.8, 4) is 5.75 Å². The van der Waals surface area contributed by atoms with Crippen LogP contribution in [0.3, 0.4) is 0 Å². The molecule has 1 N–H and O–H groups in total.